The zero-order valence-corrected chi connectivity index (χ0v) is 21.3. The highest BCUT2D eigenvalue weighted by atomic mass is 79.9. The van der Waals surface area contributed by atoms with Crippen molar-refractivity contribution >= 4 is 38.7 Å². The molecule has 8 nitrogen and oxygen atoms in total. The van der Waals surface area contributed by atoms with Crippen LogP contribution in [0.4, 0.5) is 0 Å². The Morgan fingerprint density at radius 2 is 1.94 bits per heavy atom. The maximum absolute atomic E-state index is 13.4. The van der Waals surface area contributed by atoms with Gasteiger partial charge in [0.1, 0.15) is 24.0 Å². The number of methoxy groups -OCH3 is 2. The lowest BCUT2D eigenvalue weighted by atomic mass is 10.2. The Morgan fingerprint density at radius 1 is 1.20 bits per heavy atom. The molecule has 0 bridgehead atoms. The van der Waals surface area contributed by atoms with Crippen LogP contribution in [0.1, 0.15) is 37.4 Å². The Bertz CT molecular complexity index is 1150. The first-order chi connectivity index (χ1) is 16.5. The van der Waals surface area contributed by atoms with Gasteiger partial charge in [-0.1, -0.05) is 55.4 Å². The molecule has 1 atom stereocenters. The average molecular weight is 549 g/mol. The van der Waals surface area contributed by atoms with Crippen LogP contribution >= 0.6 is 15.9 Å². The van der Waals surface area contributed by atoms with Crippen molar-refractivity contribution < 1.29 is 28.2 Å². The second-order valence-corrected chi connectivity index (χ2v) is 8.16. The highest BCUT2D eigenvalue weighted by molar-refractivity contribution is 9.10. The third kappa shape index (κ3) is 6.15. The van der Waals surface area contributed by atoms with Crippen LogP contribution in [0.25, 0.3) is 11.0 Å². The summed E-state index contributed by atoms with van der Waals surface area (Å²) < 4.78 is 23.1. The summed E-state index contributed by atoms with van der Waals surface area (Å²) in [6, 6.07) is 12.0. The van der Waals surface area contributed by atoms with Gasteiger partial charge in [0.05, 0.1) is 19.1 Å². The topological polar surface area (TPSA) is 90.2 Å². The number of rotatable bonds is 7. The normalized spacial score (nSPS) is 14.6. The maximum Gasteiger partial charge on any atom is 0.294 e. The minimum Gasteiger partial charge on any atom is -0.496 e. The summed E-state index contributed by atoms with van der Waals surface area (Å²) in [4.78, 5) is 27.9. The molecule has 0 aliphatic carbocycles. The Morgan fingerprint density at radius 3 is 2.66 bits per heavy atom. The monoisotopic (exact) mass is 548 g/mol. The fourth-order valence-corrected chi connectivity index (χ4v) is 4.01. The van der Waals surface area contributed by atoms with Gasteiger partial charge < -0.3 is 28.8 Å². The van der Waals surface area contributed by atoms with Gasteiger partial charge in [0.2, 0.25) is 11.7 Å². The lowest BCUT2D eigenvalue weighted by Crippen LogP contribution is -2.52. The van der Waals surface area contributed by atoms with E-state index < -0.39 is 11.9 Å². The minimum atomic E-state index is -0.847. The van der Waals surface area contributed by atoms with E-state index in [-0.39, 0.29) is 45.4 Å². The lowest BCUT2D eigenvalue weighted by Gasteiger charge is -2.27. The number of hydrogen-bond donors (Lipinski definition) is 1. The second-order valence-electron chi connectivity index (χ2n) is 7.25. The van der Waals surface area contributed by atoms with Crippen molar-refractivity contribution in [2.24, 2.45) is 0 Å². The number of furan rings is 1. The van der Waals surface area contributed by atoms with Crippen LogP contribution in [0.5, 0.6) is 11.5 Å². The van der Waals surface area contributed by atoms with Gasteiger partial charge in [-0.15, -0.1) is 0 Å². The number of fused-ring (bicyclic) bond motifs is 3. The number of benzene rings is 2. The van der Waals surface area contributed by atoms with E-state index in [1.54, 1.807) is 20.3 Å². The van der Waals surface area contributed by atoms with Crippen molar-refractivity contribution in [2.75, 3.05) is 34.0 Å². The van der Waals surface area contributed by atoms with Gasteiger partial charge in [0.15, 0.2) is 5.75 Å². The van der Waals surface area contributed by atoms with Crippen LogP contribution < -0.4 is 14.8 Å². The number of hydrogen-bond acceptors (Lipinski definition) is 6. The molecule has 1 aliphatic rings. The fraction of sp³-hybridized carbons (Fsp3) is 0.385. The van der Waals surface area contributed by atoms with E-state index in [9.17, 15) is 9.59 Å². The molecule has 0 radical (unpaired) electrons. The van der Waals surface area contributed by atoms with Gasteiger partial charge in [-0.3, -0.25) is 9.59 Å². The molecule has 0 saturated heterocycles. The molecule has 1 aliphatic heterocycles. The summed E-state index contributed by atoms with van der Waals surface area (Å²) in [5.74, 6) is 0.347. The number of nitrogens with zero attached hydrogens (tertiary/aromatic N) is 1. The standard InChI is InChI=1S/C23H23BrN2O6.C2H6.CH4/c1-29-10-9-26-17(22(27)25-12-14-5-3-4-6-18(14)30-2)13-31-20-16-8-7-15(24)11-19(16)32-21(20)23(26)28;1-2;/h3-8,11,17H,9-10,12-13H2,1-2H3,(H,25,27);1-2H3;1H4/t17-;;/m0../s1. The van der Waals surface area contributed by atoms with Gasteiger partial charge >= 0.3 is 0 Å². The Balaban J connectivity index is 0.00000140. The fourth-order valence-electron chi connectivity index (χ4n) is 3.67. The van der Waals surface area contributed by atoms with E-state index >= 15 is 0 Å². The second kappa shape index (κ2) is 13.2. The first-order valence-electron chi connectivity index (χ1n) is 11.1. The quantitative estimate of drug-likeness (QED) is 0.445. The van der Waals surface area contributed by atoms with Crippen LogP contribution in [-0.4, -0.2) is 56.7 Å². The molecule has 35 heavy (non-hydrogen) atoms. The van der Waals surface area contributed by atoms with Crippen LogP contribution in [0.2, 0.25) is 0 Å². The molecule has 190 valence electrons. The summed E-state index contributed by atoms with van der Waals surface area (Å²) in [5, 5.41) is 3.57. The molecular weight excluding hydrogens is 516 g/mol. The maximum atomic E-state index is 13.4. The van der Waals surface area contributed by atoms with Crippen molar-refractivity contribution in [2.45, 2.75) is 33.9 Å². The summed E-state index contributed by atoms with van der Waals surface area (Å²) >= 11 is 3.40. The van der Waals surface area contributed by atoms with Crippen molar-refractivity contribution in [1.82, 2.24) is 10.2 Å². The molecule has 0 fully saturated rings. The smallest absolute Gasteiger partial charge is 0.294 e. The van der Waals surface area contributed by atoms with Gasteiger partial charge in [0, 0.05) is 30.2 Å². The molecule has 3 aromatic rings. The molecule has 2 aromatic carbocycles. The number of amides is 2. The van der Waals surface area contributed by atoms with Crippen molar-refractivity contribution in [3.63, 3.8) is 0 Å². The zero-order valence-electron chi connectivity index (χ0n) is 19.7. The summed E-state index contributed by atoms with van der Waals surface area (Å²) in [6.45, 7) is 4.73. The summed E-state index contributed by atoms with van der Waals surface area (Å²) in [5.41, 5.74) is 1.36. The summed E-state index contributed by atoms with van der Waals surface area (Å²) in [6.07, 6.45) is 0. The number of halogens is 1. The molecule has 4 rings (SSSR count). The molecule has 0 saturated carbocycles. The van der Waals surface area contributed by atoms with Crippen LogP contribution in [0, 0.1) is 0 Å². The predicted octanol–water partition coefficient (Wildman–Crippen LogP) is 5.03. The van der Waals surface area contributed by atoms with E-state index in [1.807, 2.05) is 50.2 Å². The molecule has 2 heterocycles. The third-order valence-corrected chi connectivity index (χ3v) is 5.80. The molecule has 2 amide bonds. The number of nitrogens with one attached hydrogen (secondary N) is 1. The predicted molar refractivity (Wildman–Crippen MR) is 139 cm³/mol. The SMILES string of the molecule is C.CC.COCCN1C(=O)c2oc3cc(Br)ccc3c2OC[C@H]1C(=O)NCc1ccccc1OC. The van der Waals surface area contributed by atoms with E-state index in [2.05, 4.69) is 21.2 Å². The Kier molecular flexibility index (Phi) is 10.6. The molecule has 1 aromatic heterocycles. The van der Waals surface area contributed by atoms with Crippen molar-refractivity contribution in [3.8, 4) is 11.5 Å². The Hall–Kier alpha value is -3.04. The molecule has 1 N–H and O–H groups in total. The zero-order chi connectivity index (χ0) is 24.7. The van der Waals surface area contributed by atoms with Crippen LogP contribution in [0.3, 0.4) is 0 Å². The number of para-hydroxylation sites is 1. The molecule has 0 spiro atoms. The Labute approximate surface area is 214 Å². The first-order valence-corrected chi connectivity index (χ1v) is 11.9. The third-order valence-electron chi connectivity index (χ3n) is 5.31. The lowest BCUT2D eigenvalue weighted by molar-refractivity contribution is -0.126. The van der Waals surface area contributed by atoms with E-state index in [4.69, 9.17) is 18.6 Å². The van der Waals surface area contributed by atoms with Gasteiger partial charge in [0.25, 0.3) is 5.91 Å². The van der Waals surface area contributed by atoms with Crippen molar-refractivity contribution in [1.29, 1.82) is 0 Å². The van der Waals surface area contributed by atoms with E-state index in [0.717, 1.165) is 10.0 Å². The van der Waals surface area contributed by atoms with E-state index in [0.29, 0.717) is 22.5 Å². The summed E-state index contributed by atoms with van der Waals surface area (Å²) in [7, 11) is 3.12. The van der Waals surface area contributed by atoms with Crippen LogP contribution in [-0.2, 0) is 16.1 Å². The van der Waals surface area contributed by atoms with Gasteiger partial charge in [-0.05, 0) is 24.3 Å². The average Bonchev–Trinajstić information content (AvgIpc) is 3.16. The van der Waals surface area contributed by atoms with Crippen molar-refractivity contribution in [3.05, 3.63) is 58.3 Å². The number of ether oxygens (including phenoxy) is 3. The molecule has 9 heteroatoms. The minimum absolute atomic E-state index is 0. The largest absolute Gasteiger partial charge is 0.496 e. The molecule has 0 unspecified atom stereocenters. The number of carbonyl (C=O) groups is 2. The highest BCUT2D eigenvalue weighted by Crippen LogP contribution is 2.37. The molecular formula is C26H33BrN2O6. The van der Waals surface area contributed by atoms with Gasteiger partial charge in [-0.25, -0.2) is 0 Å². The van der Waals surface area contributed by atoms with E-state index in [1.165, 1.54) is 4.90 Å². The first kappa shape index (κ1) is 28.2. The highest BCUT2D eigenvalue weighted by Gasteiger charge is 2.38. The van der Waals surface area contributed by atoms with Crippen LogP contribution in [0.15, 0.2) is 51.4 Å². The number of carbonyl (C=O) groups excluding carboxylic acids is 2. The van der Waals surface area contributed by atoms with Gasteiger partial charge in [-0.2, -0.15) is 0 Å².